The molecule has 0 aliphatic rings. The quantitative estimate of drug-likeness (QED) is 0.171. The van der Waals surface area contributed by atoms with E-state index in [2.05, 4.69) is 42.6 Å². The van der Waals surface area contributed by atoms with Crippen molar-refractivity contribution in [3.05, 3.63) is 98.4 Å². The van der Waals surface area contributed by atoms with E-state index in [4.69, 9.17) is 12.6 Å². The van der Waals surface area contributed by atoms with Crippen LogP contribution in [0.1, 0.15) is 0 Å². The number of hydrogen-bond acceptors (Lipinski definition) is 2. The first-order chi connectivity index (χ1) is 10.6. The van der Waals surface area contributed by atoms with Crippen LogP contribution in [0.2, 0.25) is 0 Å². The molecule has 0 aliphatic heterocycles. The van der Waals surface area contributed by atoms with E-state index in [9.17, 15) is 0 Å². The second-order valence-electron chi connectivity index (χ2n) is 4.81. The largest absolute Gasteiger partial charge is 1.00 e. The molecule has 3 rings (SSSR count). The smallest absolute Gasteiger partial charge is 0.760 e. The zero-order valence-corrected chi connectivity index (χ0v) is 18.9. The third-order valence-electron chi connectivity index (χ3n) is 3.14. The molecule has 0 unspecified atom stereocenters. The molecule has 1 nitrogen and oxygen atoms in total. The zero-order valence-electron chi connectivity index (χ0n) is 12.9. The second kappa shape index (κ2) is 12.1. The molecule has 2 aromatic carbocycles. The summed E-state index contributed by atoms with van der Waals surface area (Å²) in [7, 11) is -1.65. The van der Waals surface area contributed by atoms with Gasteiger partial charge in [-0.2, -0.15) is 20.6 Å². The van der Waals surface area contributed by atoms with Crippen LogP contribution >= 0.6 is 7.26 Å². The van der Waals surface area contributed by atoms with E-state index in [0.717, 1.165) is 0 Å². The fourth-order valence-corrected chi connectivity index (χ4v) is 3.85. The van der Waals surface area contributed by atoms with Crippen LogP contribution in [0.3, 0.4) is 0 Å². The van der Waals surface area contributed by atoms with Crippen LogP contribution < -0.4 is 10.6 Å². The van der Waals surface area contributed by atoms with Gasteiger partial charge in [-0.15, -0.1) is 0 Å². The summed E-state index contributed by atoms with van der Waals surface area (Å²) in [6.45, 7) is 8.62. The van der Waals surface area contributed by atoms with Gasteiger partial charge in [0.05, 0.1) is 0 Å². The minimum absolute atomic E-state index is 0. The summed E-state index contributed by atoms with van der Waals surface area (Å²) in [5, 5.41) is 3.15. The maximum atomic E-state index is 4.70. The Morgan fingerprint density at radius 3 is 1.38 bits per heavy atom. The van der Waals surface area contributed by atoms with Crippen molar-refractivity contribution in [1.82, 2.24) is 4.98 Å². The van der Waals surface area contributed by atoms with Gasteiger partial charge in [0.2, 0.25) is 0 Å². The van der Waals surface area contributed by atoms with Crippen LogP contribution in [-0.4, -0.2) is 4.98 Å². The molecular formula is C19H18Au2NPS. The Morgan fingerprint density at radius 1 is 0.667 bits per heavy atom. The number of nitrogens with zero attached hydrogens (tertiary/aromatic N) is 1. The molecule has 1 heterocycles. The van der Waals surface area contributed by atoms with Crippen molar-refractivity contribution < 1.29 is 44.8 Å². The minimum Gasteiger partial charge on any atom is -0.760 e. The molecule has 132 valence electrons. The molecule has 0 aliphatic carbocycles. The van der Waals surface area contributed by atoms with Gasteiger partial charge in [-0.3, -0.25) is 4.98 Å². The second-order valence-corrected chi connectivity index (χ2v) is 8.19. The van der Waals surface area contributed by atoms with Crippen molar-refractivity contribution in [2.45, 2.75) is 5.03 Å². The van der Waals surface area contributed by atoms with Crippen molar-refractivity contribution in [1.29, 1.82) is 0 Å². The fourth-order valence-electron chi connectivity index (χ4n) is 1.92. The number of pyridine rings is 1. The van der Waals surface area contributed by atoms with E-state index < -0.39 is 7.26 Å². The summed E-state index contributed by atoms with van der Waals surface area (Å²) in [5.74, 6) is 0. The normalized spacial score (nSPS) is 9.58. The maximum Gasteiger partial charge on any atom is 1.00 e. The van der Waals surface area contributed by atoms with E-state index >= 15 is 0 Å². The first-order valence-corrected chi connectivity index (χ1v) is 9.44. The van der Waals surface area contributed by atoms with E-state index in [1.54, 1.807) is 12.3 Å². The van der Waals surface area contributed by atoms with Crippen molar-refractivity contribution in [3.8, 4) is 0 Å². The van der Waals surface area contributed by atoms with E-state index in [1.807, 2.05) is 48.5 Å². The molecule has 0 saturated carbocycles. The predicted molar refractivity (Wildman–Crippen MR) is 99.7 cm³/mol. The van der Waals surface area contributed by atoms with Gasteiger partial charge in [0.25, 0.3) is 0 Å². The molecule has 0 N–H and O–H groups in total. The average molecular weight is 717 g/mol. The van der Waals surface area contributed by atoms with Crippen LogP contribution in [0.25, 0.3) is 0 Å². The Balaban J connectivity index is 0.000000504. The van der Waals surface area contributed by atoms with Crippen LogP contribution in [0.15, 0.2) is 90.1 Å². The first-order valence-electron chi connectivity index (χ1n) is 6.88. The van der Waals surface area contributed by atoms with Gasteiger partial charge in [-0.05, 0) is 30.3 Å². The molecule has 0 spiro atoms. The Morgan fingerprint density at radius 2 is 1.08 bits per heavy atom. The van der Waals surface area contributed by atoms with Crippen LogP contribution in [-0.2, 0) is 57.4 Å². The number of hydrogen-bond donors (Lipinski definition) is 0. The molecule has 0 fully saturated rings. The Hall–Kier alpha value is -0.279. The van der Waals surface area contributed by atoms with Gasteiger partial charge in [0, 0.05) is 16.8 Å². The van der Waals surface area contributed by atoms with Crippen LogP contribution in [0.4, 0.5) is 0 Å². The van der Waals surface area contributed by atoms with Gasteiger partial charge in [-0.1, -0.05) is 53.6 Å². The summed E-state index contributed by atoms with van der Waals surface area (Å²) in [6.07, 6.45) is 1.68. The minimum atomic E-state index is -1.65. The maximum absolute atomic E-state index is 4.70. The van der Waals surface area contributed by atoms with Crippen molar-refractivity contribution in [2.24, 2.45) is 0 Å². The third-order valence-corrected chi connectivity index (χ3v) is 5.95. The van der Waals surface area contributed by atoms with E-state index in [0.29, 0.717) is 5.03 Å². The molecule has 0 atom stereocenters. The molecular weight excluding hydrogens is 699 g/mol. The molecule has 24 heavy (non-hydrogen) atoms. The van der Waals surface area contributed by atoms with Crippen molar-refractivity contribution in [3.63, 3.8) is 0 Å². The predicted octanol–water partition coefficient (Wildman–Crippen LogP) is 4.22. The van der Waals surface area contributed by atoms with Crippen LogP contribution in [0, 0.1) is 13.3 Å². The van der Waals surface area contributed by atoms with Crippen LogP contribution in [0.5, 0.6) is 0 Å². The molecule has 0 saturated heterocycles. The summed E-state index contributed by atoms with van der Waals surface area (Å²) in [6, 6.07) is 26.2. The zero-order chi connectivity index (χ0) is 15.8. The van der Waals surface area contributed by atoms with E-state index in [1.165, 1.54) is 10.6 Å². The molecule has 0 amide bonds. The fraction of sp³-hybridized carbons (Fsp3) is 0. The Kier molecular flexibility index (Phi) is 12.0. The third kappa shape index (κ3) is 7.31. The summed E-state index contributed by atoms with van der Waals surface area (Å²) >= 11 is 4.70. The van der Waals surface area contributed by atoms with Gasteiger partial charge in [0.15, 0.2) is 0 Å². The van der Waals surface area contributed by atoms with Gasteiger partial charge < -0.3 is 12.6 Å². The van der Waals surface area contributed by atoms with Crippen molar-refractivity contribution >= 4 is 30.5 Å². The SMILES string of the molecule is [Au+].[Au+].[CH2-][P+]([CH2-])(c1ccccc1)c1ccccc1.[S-]c1ccccn1. The number of aromatic nitrogens is 1. The first kappa shape index (κ1) is 23.7. The molecule has 0 bridgehead atoms. The number of benzene rings is 2. The molecule has 3 aromatic rings. The monoisotopic (exact) mass is 717 g/mol. The molecule has 5 heteroatoms. The van der Waals surface area contributed by atoms with E-state index in [-0.39, 0.29) is 44.8 Å². The summed E-state index contributed by atoms with van der Waals surface area (Å²) in [5.41, 5.74) is 0. The van der Waals surface area contributed by atoms with Gasteiger partial charge in [0.1, 0.15) is 0 Å². The summed E-state index contributed by atoms with van der Waals surface area (Å²) < 4.78 is 0. The van der Waals surface area contributed by atoms with Gasteiger partial charge >= 0.3 is 44.8 Å². The summed E-state index contributed by atoms with van der Waals surface area (Å²) in [4.78, 5) is 3.79. The standard InChI is InChI=1S/C14H14P.C5H5NS.2Au/c1-15(2,13-9-5-3-6-10-13)14-11-7-4-8-12-14;7-5-3-1-2-4-6-5;;/h3-12H,1-2H2;1-4H,(H,6,7);;/q-1;;2*+1/p-1. The molecule has 1 aromatic heterocycles. The van der Waals surface area contributed by atoms with Crippen molar-refractivity contribution in [2.75, 3.05) is 0 Å². The Labute approximate surface area is 182 Å². The molecule has 0 radical (unpaired) electrons. The average Bonchev–Trinajstić information content (AvgIpc) is 2.58. The topological polar surface area (TPSA) is 12.9 Å². The van der Waals surface area contributed by atoms with Gasteiger partial charge in [-0.25, -0.2) is 0 Å². The number of rotatable bonds is 2. The Bertz CT molecular complexity index is 638.